The van der Waals surface area contributed by atoms with Gasteiger partial charge in [0.1, 0.15) is 6.04 Å². The van der Waals surface area contributed by atoms with Crippen molar-refractivity contribution < 1.29 is 14.1 Å². The fourth-order valence-corrected chi connectivity index (χ4v) is 0.936. The summed E-state index contributed by atoms with van der Waals surface area (Å²) in [5, 5.41) is 2.50. The number of nitrogens with one attached hydrogen (secondary N) is 1. The molecule has 82 valence electrons. The summed E-state index contributed by atoms with van der Waals surface area (Å²) in [6, 6.07) is -0.501. The van der Waals surface area contributed by atoms with Crippen molar-refractivity contribution in [3.05, 3.63) is 0 Å². The van der Waals surface area contributed by atoms with Crippen LogP contribution in [0.25, 0.3) is 0 Å². The van der Waals surface area contributed by atoms with Crippen molar-refractivity contribution in [1.29, 1.82) is 0 Å². The SMILES string of the molecule is CCC(C)(C)COC(=O)[C@H](C)N[PH+]=O. The van der Waals surface area contributed by atoms with Crippen LogP contribution in [0.2, 0.25) is 0 Å². The Morgan fingerprint density at radius 2 is 2.14 bits per heavy atom. The van der Waals surface area contributed by atoms with Crippen LogP contribution in [0.4, 0.5) is 0 Å². The zero-order valence-electron chi connectivity index (χ0n) is 9.22. The maximum atomic E-state index is 11.3. The van der Waals surface area contributed by atoms with Gasteiger partial charge in [-0.15, -0.1) is 0 Å². The van der Waals surface area contributed by atoms with E-state index in [0.29, 0.717) is 6.61 Å². The molecule has 0 saturated carbocycles. The van der Waals surface area contributed by atoms with E-state index in [1.807, 2.05) is 13.8 Å². The Kier molecular flexibility index (Phi) is 5.89. The van der Waals surface area contributed by atoms with Gasteiger partial charge >= 0.3 is 14.6 Å². The quantitative estimate of drug-likeness (QED) is 0.548. The van der Waals surface area contributed by atoms with Crippen molar-refractivity contribution in [3.63, 3.8) is 0 Å². The third kappa shape index (κ3) is 5.30. The first kappa shape index (κ1) is 13.5. The first-order valence-corrected chi connectivity index (χ1v) is 5.63. The van der Waals surface area contributed by atoms with Crippen LogP contribution in [-0.4, -0.2) is 18.6 Å². The molecule has 0 heterocycles. The molecule has 1 N–H and O–H groups in total. The monoisotopic (exact) mass is 220 g/mol. The van der Waals surface area contributed by atoms with E-state index in [9.17, 15) is 9.36 Å². The summed E-state index contributed by atoms with van der Waals surface area (Å²) >= 11 is 0. The summed E-state index contributed by atoms with van der Waals surface area (Å²) in [7, 11) is -0.679. The van der Waals surface area contributed by atoms with Crippen molar-refractivity contribution in [2.45, 2.75) is 40.2 Å². The smallest absolute Gasteiger partial charge is 0.419 e. The molecule has 2 atom stereocenters. The Balaban J connectivity index is 3.90. The lowest BCUT2D eigenvalue weighted by Crippen LogP contribution is -2.32. The number of rotatable bonds is 6. The van der Waals surface area contributed by atoms with E-state index in [4.69, 9.17) is 4.74 Å². The lowest BCUT2D eigenvalue weighted by Gasteiger charge is -2.22. The maximum absolute atomic E-state index is 11.3. The summed E-state index contributed by atoms with van der Waals surface area (Å²) in [5.74, 6) is -0.352. The molecule has 0 aliphatic heterocycles. The fourth-order valence-electron chi connectivity index (χ4n) is 0.641. The van der Waals surface area contributed by atoms with E-state index in [0.717, 1.165) is 6.42 Å². The zero-order valence-corrected chi connectivity index (χ0v) is 10.2. The fraction of sp³-hybridized carbons (Fsp3) is 0.889. The summed E-state index contributed by atoms with van der Waals surface area (Å²) in [6.45, 7) is 8.15. The maximum Gasteiger partial charge on any atom is 0.419 e. The van der Waals surface area contributed by atoms with Gasteiger partial charge in [-0.1, -0.05) is 30.4 Å². The van der Waals surface area contributed by atoms with Gasteiger partial charge in [0.15, 0.2) is 0 Å². The third-order valence-electron chi connectivity index (χ3n) is 2.19. The van der Waals surface area contributed by atoms with Crippen molar-refractivity contribution in [2.24, 2.45) is 5.41 Å². The molecule has 4 nitrogen and oxygen atoms in total. The average Bonchev–Trinajstić information content (AvgIpc) is 2.15. The Labute approximate surface area is 86.7 Å². The highest BCUT2D eigenvalue weighted by molar-refractivity contribution is 7.21. The molecule has 0 bridgehead atoms. The number of ether oxygens (including phenoxy) is 1. The number of hydrogen-bond donors (Lipinski definition) is 1. The first-order valence-electron chi connectivity index (χ1n) is 4.72. The van der Waals surface area contributed by atoms with Gasteiger partial charge in [0, 0.05) is 0 Å². The second kappa shape index (κ2) is 6.10. The van der Waals surface area contributed by atoms with Crippen LogP contribution >= 0.6 is 8.61 Å². The molecule has 0 rings (SSSR count). The molecule has 0 saturated heterocycles. The van der Waals surface area contributed by atoms with Crippen LogP contribution in [-0.2, 0) is 14.1 Å². The Bertz CT molecular complexity index is 206. The van der Waals surface area contributed by atoms with E-state index in [1.54, 1.807) is 6.92 Å². The van der Waals surface area contributed by atoms with Crippen LogP contribution in [0.5, 0.6) is 0 Å². The lowest BCUT2D eigenvalue weighted by atomic mass is 9.92. The molecule has 0 aromatic carbocycles. The second-order valence-electron chi connectivity index (χ2n) is 4.09. The number of carbonyl (C=O) groups is 1. The summed E-state index contributed by atoms with van der Waals surface area (Å²) in [4.78, 5) is 11.3. The average molecular weight is 220 g/mol. The van der Waals surface area contributed by atoms with Crippen LogP contribution in [0, 0.1) is 5.41 Å². The molecule has 0 fully saturated rings. The lowest BCUT2D eigenvalue weighted by molar-refractivity contribution is -0.148. The molecule has 1 unspecified atom stereocenters. The van der Waals surface area contributed by atoms with Crippen LogP contribution < -0.4 is 5.09 Å². The highest BCUT2D eigenvalue weighted by Crippen LogP contribution is 2.19. The van der Waals surface area contributed by atoms with Crippen molar-refractivity contribution >= 4 is 14.6 Å². The molecule has 0 aromatic heterocycles. The highest BCUT2D eigenvalue weighted by Gasteiger charge is 2.21. The third-order valence-corrected chi connectivity index (χ3v) is 2.74. The highest BCUT2D eigenvalue weighted by atomic mass is 31.1. The van der Waals surface area contributed by atoms with Gasteiger partial charge < -0.3 is 4.74 Å². The van der Waals surface area contributed by atoms with E-state index in [1.165, 1.54) is 0 Å². The van der Waals surface area contributed by atoms with Crippen molar-refractivity contribution in [1.82, 2.24) is 5.09 Å². The van der Waals surface area contributed by atoms with Gasteiger partial charge in [-0.3, -0.25) is 4.79 Å². The summed E-state index contributed by atoms with van der Waals surface area (Å²) in [6.07, 6.45) is 0.950. The van der Waals surface area contributed by atoms with Crippen LogP contribution in [0.1, 0.15) is 34.1 Å². The van der Waals surface area contributed by atoms with E-state index >= 15 is 0 Å². The molecular weight excluding hydrogens is 201 g/mol. The molecule has 5 heteroatoms. The largest absolute Gasteiger partial charge is 0.464 e. The number of carbonyl (C=O) groups excluding carboxylic acids is 1. The molecule has 0 amide bonds. The molecule has 0 aliphatic carbocycles. The van der Waals surface area contributed by atoms with Crippen molar-refractivity contribution in [2.75, 3.05) is 6.61 Å². The molecule has 0 radical (unpaired) electrons. The zero-order chi connectivity index (χ0) is 11.2. The van der Waals surface area contributed by atoms with Gasteiger partial charge in [0.25, 0.3) is 0 Å². The predicted octanol–water partition coefficient (Wildman–Crippen LogP) is 1.88. The second-order valence-corrected chi connectivity index (χ2v) is 4.59. The molecule has 0 spiro atoms. The Hall–Kier alpha value is -0.470. The van der Waals surface area contributed by atoms with E-state index in [2.05, 4.69) is 12.0 Å². The number of hydrogen-bond acceptors (Lipinski definition) is 3. The minimum absolute atomic E-state index is 0.00906. The molecule has 0 aliphatic rings. The number of esters is 1. The minimum Gasteiger partial charge on any atom is -0.464 e. The summed E-state index contributed by atoms with van der Waals surface area (Å²) < 4.78 is 15.3. The predicted molar refractivity (Wildman–Crippen MR) is 56.6 cm³/mol. The van der Waals surface area contributed by atoms with Gasteiger partial charge in [-0.25, -0.2) is 0 Å². The summed E-state index contributed by atoms with van der Waals surface area (Å²) in [5.41, 5.74) is 0.00906. The molecular formula is C9H19NO3P+. The normalized spacial score (nSPS) is 14.0. The van der Waals surface area contributed by atoms with Gasteiger partial charge in [0.05, 0.1) is 6.61 Å². The Morgan fingerprint density at radius 1 is 1.57 bits per heavy atom. The van der Waals surface area contributed by atoms with Crippen LogP contribution in [0.3, 0.4) is 0 Å². The van der Waals surface area contributed by atoms with Gasteiger partial charge in [0.2, 0.25) is 0 Å². The molecule has 14 heavy (non-hydrogen) atoms. The first-order chi connectivity index (χ1) is 6.43. The van der Waals surface area contributed by atoms with E-state index in [-0.39, 0.29) is 11.4 Å². The van der Waals surface area contributed by atoms with Gasteiger partial charge in [-0.2, -0.15) is 0 Å². The van der Waals surface area contributed by atoms with Gasteiger partial charge in [-0.05, 0) is 18.8 Å². The topological polar surface area (TPSA) is 55.4 Å². The van der Waals surface area contributed by atoms with Crippen molar-refractivity contribution in [3.8, 4) is 0 Å². The Morgan fingerprint density at radius 3 is 2.57 bits per heavy atom. The minimum atomic E-state index is -0.679. The molecule has 0 aromatic rings. The van der Waals surface area contributed by atoms with E-state index < -0.39 is 14.7 Å². The van der Waals surface area contributed by atoms with Crippen LogP contribution in [0.15, 0.2) is 0 Å². The standard InChI is InChI=1S/C9H18NO3P/c1-5-9(3,4)6-13-8(11)7(2)10-14-12/h7H,5-6H2,1-4H3,(H,10,12)/p+1/t7-/m0/s1.